The lowest BCUT2D eigenvalue weighted by atomic mass is 9.92. The van der Waals surface area contributed by atoms with Crippen molar-refractivity contribution in [3.63, 3.8) is 0 Å². The van der Waals surface area contributed by atoms with E-state index >= 15 is 0 Å². The molecule has 1 unspecified atom stereocenters. The number of carbonyl (C=O) groups is 1. The molecule has 3 heteroatoms. The maximum absolute atomic E-state index is 13.2. The van der Waals surface area contributed by atoms with Crippen LogP contribution in [0.5, 0.6) is 0 Å². The highest BCUT2D eigenvalue weighted by Crippen LogP contribution is 2.27. The topological polar surface area (TPSA) is 26.3 Å². The molecule has 0 aromatic carbocycles. The molecular formula is C11H15FO2. The van der Waals surface area contributed by atoms with Gasteiger partial charge in [0.2, 0.25) is 0 Å². The number of allylic oxidation sites excluding steroid dienone is 4. The van der Waals surface area contributed by atoms with Crippen LogP contribution in [0.1, 0.15) is 26.2 Å². The molecule has 0 radical (unpaired) electrons. The molecule has 0 heterocycles. The predicted molar refractivity (Wildman–Crippen MR) is 52.3 cm³/mol. The molecule has 0 N–H and O–H groups in total. The van der Waals surface area contributed by atoms with Crippen LogP contribution in [0.25, 0.3) is 0 Å². The van der Waals surface area contributed by atoms with Crippen molar-refractivity contribution in [2.75, 3.05) is 7.11 Å². The summed E-state index contributed by atoms with van der Waals surface area (Å²) < 4.78 is 17.7. The smallest absolute Gasteiger partial charge is 0.305 e. The second kappa shape index (κ2) is 4.94. The molecule has 0 amide bonds. The fraction of sp³-hybridized carbons (Fsp3) is 0.545. The van der Waals surface area contributed by atoms with Gasteiger partial charge < -0.3 is 4.74 Å². The van der Waals surface area contributed by atoms with Crippen LogP contribution in [0, 0.1) is 5.92 Å². The quantitative estimate of drug-likeness (QED) is 0.652. The van der Waals surface area contributed by atoms with Gasteiger partial charge in [0.1, 0.15) is 5.83 Å². The van der Waals surface area contributed by atoms with Gasteiger partial charge in [-0.2, -0.15) is 0 Å². The third-order valence-corrected chi connectivity index (χ3v) is 2.34. The van der Waals surface area contributed by atoms with Crippen LogP contribution in [0.15, 0.2) is 23.6 Å². The van der Waals surface area contributed by atoms with Crippen molar-refractivity contribution in [1.29, 1.82) is 0 Å². The van der Waals surface area contributed by atoms with E-state index in [0.717, 1.165) is 5.57 Å². The standard InChI is InChI=1S/C11H15FO2/c1-8-3-5-10(12)9(7-8)4-6-11(13)14-2/h3,5,8H,4,6-7H2,1-2H3. The Morgan fingerprint density at radius 3 is 3.07 bits per heavy atom. The van der Waals surface area contributed by atoms with Crippen LogP contribution in [0.2, 0.25) is 0 Å². The van der Waals surface area contributed by atoms with E-state index in [1.807, 2.05) is 13.0 Å². The Morgan fingerprint density at radius 1 is 1.71 bits per heavy atom. The minimum Gasteiger partial charge on any atom is -0.469 e. The van der Waals surface area contributed by atoms with Gasteiger partial charge in [0, 0.05) is 6.42 Å². The van der Waals surface area contributed by atoms with Gasteiger partial charge in [-0.3, -0.25) is 4.79 Å². The Hall–Kier alpha value is -1.12. The summed E-state index contributed by atoms with van der Waals surface area (Å²) >= 11 is 0. The first-order chi connectivity index (χ1) is 6.63. The number of halogens is 1. The number of esters is 1. The fourth-order valence-corrected chi connectivity index (χ4v) is 1.50. The van der Waals surface area contributed by atoms with Crippen molar-refractivity contribution < 1.29 is 13.9 Å². The van der Waals surface area contributed by atoms with Crippen LogP contribution in [0.4, 0.5) is 4.39 Å². The molecule has 0 spiro atoms. The van der Waals surface area contributed by atoms with Gasteiger partial charge in [0.05, 0.1) is 7.11 Å². The number of carbonyl (C=O) groups excluding carboxylic acids is 1. The van der Waals surface area contributed by atoms with Gasteiger partial charge in [-0.15, -0.1) is 0 Å². The third-order valence-electron chi connectivity index (χ3n) is 2.34. The van der Waals surface area contributed by atoms with Crippen molar-refractivity contribution in [1.82, 2.24) is 0 Å². The van der Waals surface area contributed by atoms with Crippen molar-refractivity contribution in [3.05, 3.63) is 23.6 Å². The molecule has 78 valence electrons. The Bertz CT molecular complexity index is 279. The van der Waals surface area contributed by atoms with Crippen LogP contribution in [0.3, 0.4) is 0 Å². The average Bonchev–Trinajstić information content (AvgIpc) is 2.19. The summed E-state index contributed by atoms with van der Waals surface area (Å²) in [5.41, 5.74) is 0.727. The first kappa shape index (κ1) is 11.0. The molecule has 0 saturated carbocycles. The Kier molecular flexibility index (Phi) is 3.86. The molecule has 0 aromatic heterocycles. The van der Waals surface area contributed by atoms with Gasteiger partial charge in [-0.1, -0.05) is 13.0 Å². The lowest BCUT2D eigenvalue weighted by molar-refractivity contribution is -0.140. The van der Waals surface area contributed by atoms with Crippen molar-refractivity contribution in [2.45, 2.75) is 26.2 Å². The Balaban J connectivity index is 2.51. The van der Waals surface area contributed by atoms with Gasteiger partial charge in [-0.25, -0.2) is 4.39 Å². The van der Waals surface area contributed by atoms with E-state index in [1.54, 1.807) is 0 Å². The summed E-state index contributed by atoms with van der Waals surface area (Å²) in [6.07, 6.45) is 4.77. The van der Waals surface area contributed by atoms with Crippen LogP contribution in [-0.2, 0) is 9.53 Å². The lowest BCUT2D eigenvalue weighted by Crippen LogP contribution is -2.05. The largest absolute Gasteiger partial charge is 0.469 e. The van der Waals surface area contributed by atoms with Gasteiger partial charge in [0.25, 0.3) is 0 Å². The average molecular weight is 198 g/mol. The molecule has 2 nitrogen and oxygen atoms in total. The van der Waals surface area contributed by atoms with Crippen LogP contribution in [-0.4, -0.2) is 13.1 Å². The third kappa shape index (κ3) is 2.98. The van der Waals surface area contributed by atoms with E-state index in [2.05, 4.69) is 4.74 Å². The molecule has 0 fully saturated rings. The summed E-state index contributed by atoms with van der Waals surface area (Å²) in [7, 11) is 1.34. The van der Waals surface area contributed by atoms with E-state index in [4.69, 9.17) is 0 Å². The monoisotopic (exact) mass is 198 g/mol. The molecular weight excluding hydrogens is 183 g/mol. The molecule has 1 aliphatic rings. The van der Waals surface area contributed by atoms with Gasteiger partial charge in [0.15, 0.2) is 0 Å². The highest BCUT2D eigenvalue weighted by molar-refractivity contribution is 5.69. The zero-order valence-corrected chi connectivity index (χ0v) is 8.55. The maximum atomic E-state index is 13.2. The van der Waals surface area contributed by atoms with E-state index in [1.165, 1.54) is 13.2 Å². The number of rotatable bonds is 3. The highest BCUT2D eigenvalue weighted by atomic mass is 19.1. The summed E-state index contributed by atoms with van der Waals surface area (Å²) in [4.78, 5) is 10.9. The normalized spacial score (nSPS) is 21.2. The van der Waals surface area contributed by atoms with Crippen LogP contribution >= 0.6 is 0 Å². The summed E-state index contributed by atoms with van der Waals surface area (Å²) in [6, 6.07) is 0. The predicted octanol–water partition coefficient (Wildman–Crippen LogP) is 2.76. The lowest BCUT2D eigenvalue weighted by Gasteiger charge is -2.15. The van der Waals surface area contributed by atoms with Crippen molar-refractivity contribution in [3.8, 4) is 0 Å². The SMILES string of the molecule is COC(=O)CCC1=C(F)C=CC(C)C1. The summed E-state index contributed by atoms with van der Waals surface area (Å²) in [5.74, 6) is -0.110. The Labute approximate surface area is 83.4 Å². The van der Waals surface area contributed by atoms with Gasteiger partial charge in [-0.05, 0) is 30.4 Å². The molecule has 14 heavy (non-hydrogen) atoms. The fourth-order valence-electron chi connectivity index (χ4n) is 1.50. The molecule has 0 aliphatic heterocycles. The number of ether oxygens (including phenoxy) is 1. The van der Waals surface area contributed by atoms with E-state index < -0.39 is 0 Å². The minimum atomic E-state index is -0.285. The molecule has 0 bridgehead atoms. The molecule has 1 rings (SSSR count). The molecule has 1 atom stereocenters. The number of methoxy groups -OCH3 is 1. The van der Waals surface area contributed by atoms with Crippen molar-refractivity contribution in [2.24, 2.45) is 5.92 Å². The van der Waals surface area contributed by atoms with Crippen molar-refractivity contribution >= 4 is 5.97 Å². The highest BCUT2D eigenvalue weighted by Gasteiger charge is 2.14. The van der Waals surface area contributed by atoms with Crippen LogP contribution < -0.4 is 0 Å². The number of hydrogen-bond donors (Lipinski definition) is 0. The molecule has 1 aliphatic carbocycles. The molecule has 0 saturated heterocycles. The second-order valence-corrected chi connectivity index (χ2v) is 3.57. The van der Waals surface area contributed by atoms with E-state index in [0.29, 0.717) is 18.8 Å². The summed E-state index contributed by atoms with van der Waals surface area (Å²) in [6.45, 7) is 2.03. The first-order valence-electron chi connectivity index (χ1n) is 4.76. The van der Waals surface area contributed by atoms with E-state index in [-0.39, 0.29) is 18.2 Å². The maximum Gasteiger partial charge on any atom is 0.305 e. The second-order valence-electron chi connectivity index (χ2n) is 3.57. The first-order valence-corrected chi connectivity index (χ1v) is 4.76. The number of hydrogen-bond acceptors (Lipinski definition) is 2. The summed E-state index contributed by atoms with van der Waals surface area (Å²) in [5, 5.41) is 0. The molecule has 0 aromatic rings. The van der Waals surface area contributed by atoms with E-state index in [9.17, 15) is 9.18 Å². The minimum absolute atomic E-state index is 0.188. The Morgan fingerprint density at radius 2 is 2.43 bits per heavy atom. The zero-order valence-electron chi connectivity index (χ0n) is 8.55. The van der Waals surface area contributed by atoms with Gasteiger partial charge >= 0.3 is 5.97 Å². The zero-order chi connectivity index (χ0) is 10.6.